The average molecular weight is 243 g/mol. The van der Waals surface area contributed by atoms with Gasteiger partial charge in [0, 0.05) is 11.5 Å². The predicted octanol–water partition coefficient (Wildman–Crippen LogP) is 1.76. The molecule has 3 nitrogen and oxygen atoms in total. The fourth-order valence-electron chi connectivity index (χ4n) is 1.78. The molecule has 0 aromatic heterocycles. The van der Waals surface area contributed by atoms with Crippen LogP contribution in [0.1, 0.15) is 12.5 Å². The third kappa shape index (κ3) is 2.31. The van der Waals surface area contributed by atoms with Gasteiger partial charge in [0.15, 0.2) is 11.6 Å². The summed E-state index contributed by atoms with van der Waals surface area (Å²) < 4.78 is 37.2. The fraction of sp³-hybridized carbons (Fsp3) is 0.500. The molecule has 94 valence electrons. The predicted molar refractivity (Wildman–Crippen MR) is 58.2 cm³/mol. The van der Waals surface area contributed by atoms with Gasteiger partial charge in [0.1, 0.15) is 0 Å². The zero-order valence-corrected chi connectivity index (χ0v) is 9.58. The first kappa shape index (κ1) is 12.4. The van der Waals surface area contributed by atoms with Gasteiger partial charge in [-0.3, -0.25) is 0 Å². The van der Waals surface area contributed by atoms with Gasteiger partial charge in [-0.2, -0.15) is 0 Å². The minimum absolute atomic E-state index is 0.0603. The van der Waals surface area contributed by atoms with Gasteiger partial charge in [0.25, 0.3) is 0 Å². The van der Waals surface area contributed by atoms with Crippen molar-refractivity contribution in [2.24, 2.45) is 11.7 Å². The molecule has 1 saturated heterocycles. The number of halogens is 2. The quantitative estimate of drug-likeness (QED) is 0.860. The monoisotopic (exact) mass is 243 g/mol. The maximum atomic E-state index is 13.2. The summed E-state index contributed by atoms with van der Waals surface area (Å²) in [5, 5.41) is 0. The summed E-state index contributed by atoms with van der Waals surface area (Å²) in [5.41, 5.74) is 6.05. The molecule has 5 heteroatoms. The molecule has 1 aromatic rings. The van der Waals surface area contributed by atoms with E-state index in [-0.39, 0.29) is 12.5 Å². The van der Waals surface area contributed by atoms with Crippen molar-refractivity contribution in [3.8, 4) is 0 Å². The molecule has 0 saturated carbocycles. The molecular formula is C12H15F2NO2. The Morgan fingerprint density at radius 3 is 2.47 bits per heavy atom. The van der Waals surface area contributed by atoms with Crippen LogP contribution in [-0.4, -0.2) is 19.8 Å². The Balaban J connectivity index is 2.31. The highest BCUT2D eigenvalue weighted by Crippen LogP contribution is 2.31. The molecule has 0 aliphatic carbocycles. The van der Waals surface area contributed by atoms with E-state index in [0.29, 0.717) is 18.8 Å². The molecule has 1 heterocycles. The highest BCUT2D eigenvalue weighted by molar-refractivity contribution is 5.23. The summed E-state index contributed by atoms with van der Waals surface area (Å²) in [6.45, 7) is 3.00. The second-order valence-electron chi connectivity index (χ2n) is 4.31. The topological polar surface area (TPSA) is 44.5 Å². The lowest BCUT2D eigenvalue weighted by atomic mass is 10.0. The smallest absolute Gasteiger partial charge is 0.207 e. The van der Waals surface area contributed by atoms with E-state index >= 15 is 0 Å². The summed E-state index contributed by atoms with van der Waals surface area (Å²) in [6.07, 6.45) is 0. The lowest BCUT2D eigenvalue weighted by molar-refractivity contribution is -0.284. The zero-order chi connectivity index (χ0) is 12.5. The molecule has 17 heavy (non-hydrogen) atoms. The Morgan fingerprint density at radius 1 is 1.29 bits per heavy atom. The van der Waals surface area contributed by atoms with Gasteiger partial charge in [0.2, 0.25) is 5.79 Å². The molecule has 2 N–H and O–H groups in total. The Bertz CT molecular complexity index is 403. The van der Waals surface area contributed by atoms with E-state index in [1.807, 2.05) is 6.92 Å². The van der Waals surface area contributed by atoms with E-state index in [1.165, 1.54) is 6.07 Å². The Labute approximate surface area is 98.5 Å². The van der Waals surface area contributed by atoms with Gasteiger partial charge in [-0.1, -0.05) is 13.0 Å². The van der Waals surface area contributed by atoms with Crippen LogP contribution in [0.4, 0.5) is 8.78 Å². The number of hydrogen-bond acceptors (Lipinski definition) is 3. The third-order valence-corrected chi connectivity index (χ3v) is 2.83. The molecule has 0 radical (unpaired) electrons. The molecule has 1 fully saturated rings. The van der Waals surface area contributed by atoms with Crippen LogP contribution in [0.5, 0.6) is 0 Å². The summed E-state index contributed by atoms with van der Waals surface area (Å²) in [6, 6.07) is 3.55. The first-order valence-electron chi connectivity index (χ1n) is 5.51. The van der Waals surface area contributed by atoms with Gasteiger partial charge in [0.05, 0.1) is 19.8 Å². The standard InChI is InChI=1S/C12H15F2NO2/c1-8-5-16-12(7-15,17-6-8)9-2-3-10(13)11(14)4-9/h2-4,8H,5-7,15H2,1H3. The highest BCUT2D eigenvalue weighted by Gasteiger charge is 2.37. The molecule has 0 unspecified atom stereocenters. The molecule has 2 rings (SSSR count). The van der Waals surface area contributed by atoms with Crippen LogP contribution in [0.2, 0.25) is 0 Å². The largest absolute Gasteiger partial charge is 0.344 e. The summed E-state index contributed by atoms with van der Waals surface area (Å²) in [5.74, 6) is -2.72. The van der Waals surface area contributed by atoms with Crippen molar-refractivity contribution < 1.29 is 18.3 Å². The van der Waals surface area contributed by atoms with Gasteiger partial charge < -0.3 is 15.2 Å². The summed E-state index contributed by atoms with van der Waals surface area (Å²) in [7, 11) is 0. The van der Waals surface area contributed by atoms with Crippen LogP contribution in [0.15, 0.2) is 18.2 Å². The van der Waals surface area contributed by atoms with E-state index in [1.54, 1.807) is 0 Å². The molecule has 1 aliphatic heterocycles. The second kappa shape index (κ2) is 4.68. The van der Waals surface area contributed by atoms with Gasteiger partial charge in [-0.25, -0.2) is 8.78 Å². The summed E-state index contributed by atoms with van der Waals surface area (Å²) in [4.78, 5) is 0. The van der Waals surface area contributed by atoms with Crippen LogP contribution in [0, 0.1) is 17.6 Å². The number of nitrogens with two attached hydrogens (primary N) is 1. The molecular weight excluding hydrogens is 228 g/mol. The van der Waals surface area contributed by atoms with Crippen LogP contribution >= 0.6 is 0 Å². The zero-order valence-electron chi connectivity index (χ0n) is 9.58. The van der Waals surface area contributed by atoms with Gasteiger partial charge in [-0.05, 0) is 12.1 Å². The third-order valence-electron chi connectivity index (χ3n) is 2.83. The molecule has 0 amide bonds. The first-order chi connectivity index (χ1) is 8.07. The minimum Gasteiger partial charge on any atom is -0.344 e. The van der Waals surface area contributed by atoms with Crippen molar-refractivity contribution in [1.29, 1.82) is 0 Å². The van der Waals surface area contributed by atoms with E-state index in [0.717, 1.165) is 12.1 Å². The average Bonchev–Trinajstić information content (AvgIpc) is 2.34. The van der Waals surface area contributed by atoms with Crippen LogP contribution in [-0.2, 0) is 15.3 Å². The number of hydrogen-bond donors (Lipinski definition) is 1. The molecule has 0 bridgehead atoms. The van der Waals surface area contributed by atoms with Crippen LogP contribution < -0.4 is 5.73 Å². The van der Waals surface area contributed by atoms with Gasteiger partial charge in [-0.15, -0.1) is 0 Å². The van der Waals surface area contributed by atoms with E-state index in [4.69, 9.17) is 15.2 Å². The van der Waals surface area contributed by atoms with Crippen LogP contribution in [0.3, 0.4) is 0 Å². The molecule has 0 spiro atoms. The lowest BCUT2D eigenvalue weighted by Crippen LogP contribution is -2.46. The number of ether oxygens (including phenoxy) is 2. The number of rotatable bonds is 2. The lowest BCUT2D eigenvalue weighted by Gasteiger charge is -2.38. The first-order valence-corrected chi connectivity index (χ1v) is 5.51. The Morgan fingerprint density at radius 2 is 1.94 bits per heavy atom. The van der Waals surface area contributed by atoms with Crippen LogP contribution in [0.25, 0.3) is 0 Å². The minimum atomic E-state index is -1.15. The second-order valence-corrected chi connectivity index (χ2v) is 4.31. The van der Waals surface area contributed by atoms with Crippen molar-refractivity contribution in [2.75, 3.05) is 19.8 Å². The van der Waals surface area contributed by atoms with Crippen molar-refractivity contribution in [1.82, 2.24) is 0 Å². The maximum Gasteiger partial charge on any atom is 0.207 e. The molecule has 1 aliphatic rings. The van der Waals surface area contributed by atoms with E-state index in [2.05, 4.69) is 0 Å². The summed E-state index contributed by atoms with van der Waals surface area (Å²) >= 11 is 0. The maximum absolute atomic E-state index is 13.2. The Kier molecular flexibility index (Phi) is 3.42. The van der Waals surface area contributed by atoms with E-state index < -0.39 is 17.4 Å². The normalized spacial score (nSPS) is 29.3. The highest BCUT2D eigenvalue weighted by atomic mass is 19.2. The number of benzene rings is 1. The molecule has 1 aromatic carbocycles. The van der Waals surface area contributed by atoms with Crippen molar-refractivity contribution in [3.63, 3.8) is 0 Å². The van der Waals surface area contributed by atoms with Crippen molar-refractivity contribution in [2.45, 2.75) is 12.7 Å². The van der Waals surface area contributed by atoms with Crippen molar-refractivity contribution in [3.05, 3.63) is 35.4 Å². The SMILES string of the molecule is CC1COC(CN)(c2ccc(F)c(F)c2)OC1. The van der Waals surface area contributed by atoms with Crippen molar-refractivity contribution >= 4 is 0 Å². The Hall–Kier alpha value is -1.04. The van der Waals surface area contributed by atoms with Gasteiger partial charge >= 0.3 is 0 Å². The van der Waals surface area contributed by atoms with E-state index in [9.17, 15) is 8.78 Å². The molecule has 0 atom stereocenters. The fourth-order valence-corrected chi connectivity index (χ4v) is 1.78.